The van der Waals surface area contributed by atoms with Crippen LogP contribution in [-0.4, -0.2) is 5.11 Å². The largest absolute Gasteiger partial charge is 0.508 e. The molecule has 0 atom stereocenters. The maximum absolute atomic E-state index is 9.19. The number of benzene rings is 2. The average Bonchev–Trinajstić information content (AvgIpc) is 2.30. The number of phenolic OH excluding ortho intramolecular Hbond substituents is 1. The number of nitrogens with one attached hydrogen (secondary N) is 1. The van der Waals surface area contributed by atoms with Crippen molar-refractivity contribution in [3.8, 4) is 5.75 Å². The molecule has 0 aliphatic carbocycles. The van der Waals surface area contributed by atoms with Gasteiger partial charge in [0.15, 0.2) is 0 Å². The normalized spacial score (nSPS) is 10.4. The fourth-order valence-electron chi connectivity index (χ4n) is 1.52. The quantitative estimate of drug-likeness (QED) is 0.812. The maximum Gasteiger partial charge on any atom is 0.115 e. The van der Waals surface area contributed by atoms with Crippen molar-refractivity contribution in [3.63, 3.8) is 0 Å². The lowest BCUT2D eigenvalue weighted by molar-refractivity contribution is 0.475. The Morgan fingerprint density at radius 3 is 2.17 bits per heavy atom. The third-order valence-electron chi connectivity index (χ3n) is 2.41. The predicted octanol–water partition coefficient (Wildman–Crippen LogP) is 5.07. The molecule has 0 aliphatic heterocycles. The van der Waals surface area contributed by atoms with Crippen molar-refractivity contribution in [2.75, 3.05) is 5.32 Å². The monoisotopic (exact) mass is 345 g/mol. The molecule has 0 aromatic heterocycles. The summed E-state index contributed by atoms with van der Waals surface area (Å²) in [6.45, 7) is 0.585. The number of rotatable bonds is 3. The Morgan fingerprint density at radius 1 is 1.06 bits per heavy atom. The zero-order valence-electron chi connectivity index (χ0n) is 9.25. The van der Waals surface area contributed by atoms with Gasteiger partial charge in [0.1, 0.15) is 5.75 Å². The minimum Gasteiger partial charge on any atom is -0.508 e. The third kappa shape index (κ3) is 3.31. The average molecular weight is 347 g/mol. The van der Waals surface area contributed by atoms with Crippen LogP contribution in [0.5, 0.6) is 5.75 Å². The highest BCUT2D eigenvalue weighted by atomic mass is 79.9. The van der Waals surface area contributed by atoms with E-state index in [2.05, 4.69) is 21.2 Å². The van der Waals surface area contributed by atoms with E-state index < -0.39 is 0 Å². The molecule has 2 aromatic rings. The van der Waals surface area contributed by atoms with Crippen LogP contribution in [0, 0.1) is 0 Å². The van der Waals surface area contributed by atoms with Gasteiger partial charge in [0.2, 0.25) is 0 Å². The van der Waals surface area contributed by atoms with Crippen molar-refractivity contribution in [2.24, 2.45) is 0 Å². The molecule has 2 aromatic carbocycles. The fourth-order valence-corrected chi connectivity index (χ4v) is 2.86. The minimum absolute atomic E-state index is 0.249. The van der Waals surface area contributed by atoms with E-state index >= 15 is 0 Å². The minimum atomic E-state index is 0.249. The maximum atomic E-state index is 9.19. The van der Waals surface area contributed by atoms with Crippen LogP contribution in [0.25, 0.3) is 0 Å². The highest BCUT2D eigenvalue weighted by molar-refractivity contribution is 9.10. The molecule has 0 bridgehead atoms. The Morgan fingerprint density at radius 2 is 1.61 bits per heavy atom. The zero-order valence-corrected chi connectivity index (χ0v) is 12.4. The second-order valence-corrected chi connectivity index (χ2v) is 5.49. The fraction of sp³-hybridized carbons (Fsp3) is 0.0769. The van der Waals surface area contributed by atoms with Crippen LogP contribution >= 0.6 is 39.1 Å². The van der Waals surface area contributed by atoms with Gasteiger partial charge in [0, 0.05) is 11.0 Å². The lowest BCUT2D eigenvalue weighted by Gasteiger charge is -2.11. The summed E-state index contributed by atoms with van der Waals surface area (Å²) in [5.74, 6) is 0.249. The number of halogens is 3. The number of hydrogen-bond donors (Lipinski definition) is 2. The van der Waals surface area contributed by atoms with Crippen molar-refractivity contribution in [1.82, 2.24) is 0 Å². The summed E-state index contributed by atoms with van der Waals surface area (Å²) < 4.78 is 0.840. The molecule has 0 saturated carbocycles. The van der Waals surface area contributed by atoms with Gasteiger partial charge in [-0.2, -0.15) is 0 Å². The standard InChI is InChI=1S/C13H10BrCl2NO/c14-9-5-11(15)13(12(16)6-9)17-7-8-1-3-10(18)4-2-8/h1-6,17-18H,7H2. The van der Waals surface area contributed by atoms with Gasteiger partial charge in [-0.05, 0) is 29.8 Å². The first kappa shape index (κ1) is 13.5. The third-order valence-corrected chi connectivity index (χ3v) is 3.47. The Labute approximate surface area is 124 Å². The van der Waals surface area contributed by atoms with Crippen LogP contribution in [0.2, 0.25) is 10.0 Å². The molecule has 0 amide bonds. The van der Waals surface area contributed by atoms with Crippen molar-refractivity contribution in [2.45, 2.75) is 6.54 Å². The van der Waals surface area contributed by atoms with E-state index in [4.69, 9.17) is 23.2 Å². The number of hydrogen-bond acceptors (Lipinski definition) is 2. The topological polar surface area (TPSA) is 32.3 Å². The molecule has 5 heteroatoms. The lowest BCUT2D eigenvalue weighted by atomic mass is 10.2. The van der Waals surface area contributed by atoms with Gasteiger partial charge in [0.25, 0.3) is 0 Å². The predicted molar refractivity (Wildman–Crippen MR) is 79.6 cm³/mol. The molecule has 0 spiro atoms. The molecule has 2 nitrogen and oxygen atoms in total. The van der Waals surface area contributed by atoms with Crippen LogP contribution < -0.4 is 5.32 Å². The smallest absolute Gasteiger partial charge is 0.115 e. The van der Waals surface area contributed by atoms with Crippen molar-refractivity contribution in [1.29, 1.82) is 0 Å². The summed E-state index contributed by atoms with van der Waals surface area (Å²) in [4.78, 5) is 0. The molecule has 18 heavy (non-hydrogen) atoms. The number of anilines is 1. The first-order chi connectivity index (χ1) is 8.56. The number of phenols is 1. The Bertz CT molecular complexity index is 534. The lowest BCUT2D eigenvalue weighted by Crippen LogP contribution is -2.00. The SMILES string of the molecule is Oc1ccc(CNc2c(Cl)cc(Br)cc2Cl)cc1. The summed E-state index contributed by atoms with van der Waals surface area (Å²) in [6.07, 6.45) is 0. The first-order valence-electron chi connectivity index (χ1n) is 5.22. The van der Waals surface area contributed by atoms with Gasteiger partial charge >= 0.3 is 0 Å². The molecule has 0 saturated heterocycles. The molecule has 94 valence electrons. The summed E-state index contributed by atoms with van der Waals surface area (Å²) in [5, 5.41) is 13.5. The van der Waals surface area contributed by atoms with Gasteiger partial charge in [-0.25, -0.2) is 0 Å². The molecule has 0 radical (unpaired) electrons. The van der Waals surface area contributed by atoms with Crippen molar-refractivity contribution >= 4 is 44.8 Å². The van der Waals surface area contributed by atoms with E-state index in [1.807, 2.05) is 12.1 Å². The van der Waals surface area contributed by atoms with Crippen LogP contribution in [0.4, 0.5) is 5.69 Å². The van der Waals surface area contributed by atoms with Gasteiger partial charge in [-0.1, -0.05) is 51.3 Å². The molecule has 2 N–H and O–H groups in total. The molecule has 0 unspecified atom stereocenters. The van der Waals surface area contributed by atoms with Gasteiger partial charge in [-0.3, -0.25) is 0 Å². The van der Waals surface area contributed by atoms with E-state index in [9.17, 15) is 5.11 Å². The summed E-state index contributed by atoms with van der Waals surface area (Å²) in [6, 6.07) is 10.5. The second kappa shape index (κ2) is 5.83. The van der Waals surface area contributed by atoms with E-state index in [-0.39, 0.29) is 5.75 Å². The van der Waals surface area contributed by atoms with Crippen LogP contribution in [0.1, 0.15) is 5.56 Å². The van der Waals surface area contributed by atoms with E-state index in [0.29, 0.717) is 22.3 Å². The summed E-state index contributed by atoms with van der Waals surface area (Å²) in [7, 11) is 0. The van der Waals surface area contributed by atoms with E-state index in [1.165, 1.54) is 0 Å². The Balaban J connectivity index is 2.13. The van der Waals surface area contributed by atoms with E-state index in [0.717, 1.165) is 10.0 Å². The van der Waals surface area contributed by atoms with Gasteiger partial charge in [0.05, 0.1) is 15.7 Å². The zero-order chi connectivity index (χ0) is 13.1. The Hall–Kier alpha value is -0.900. The van der Waals surface area contributed by atoms with Crippen molar-refractivity contribution in [3.05, 3.63) is 56.5 Å². The highest BCUT2D eigenvalue weighted by Crippen LogP contribution is 2.34. The molecule has 2 rings (SSSR count). The number of aromatic hydroxyl groups is 1. The summed E-state index contributed by atoms with van der Waals surface area (Å²) in [5.41, 5.74) is 1.73. The van der Waals surface area contributed by atoms with Gasteiger partial charge in [-0.15, -0.1) is 0 Å². The van der Waals surface area contributed by atoms with Crippen LogP contribution in [0.15, 0.2) is 40.9 Å². The first-order valence-corrected chi connectivity index (χ1v) is 6.77. The van der Waals surface area contributed by atoms with E-state index in [1.54, 1.807) is 24.3 Å². The second-order valence-electron chi connectivity index (χ2n) is 3.76. The highest BCUT2D eigenvalue weighted by Gasteiger charge is 2.07. The van der Waals surface area contributed by atoms with Crippen LogP contribution in [0.3, 0.4) is 0 Å². The van der Waals surface area contributed by atoms with Crippen molar-refractivity contribution < 1.29 is 5.11 Å². The Kier molecular flexibility index (Phi) is 4.38. The molecular weight excluding hydrogens is 337 g/mol. The molecule has 0 heterocycles. The molecule has 0 fully saturated rings. The molecular formula is C13H10BrCl2NO. The molecule has 0 aliphatic rings. The summed E-state index contributed by atoms with van der Waals surface area (Å²) >= 11 is 15.5. The van der Waals surface area contributed by atoms with Gasteiger partial charge < -0.3 is 10.4 Å². The van der Waals surface area contributed by atoms with Crippen LogP contribution in [-0.2, 0) is 6.54 Å².